The Kier molecular flexibility index (Phi) is 14.1. The predicted octanol–water partition coefficient (Wildman–Crippen LogP) is 5.64. The molecule has 0 saturated carbocycles. The van der Waals surface area contributed by atoms with Gasteiger partial charge in [0, 0.05) is 0 Å². The molecule has 5 heteroatoms. The summed E-state index contributed by atoms with van der Waals surface area (Å²) in [6.07, 6.45) is 19.0. The minimum absolute atomic E-state index is 0.365. The first-order valence-corrected chi connectivity index (χ1v) is 11.2. The third kappa shape index (κ3) is 12.8. The number of hydrogen-bond donors (Lipinski definition) is 1. The van der Waals surface area contributed by atoms with Crippen LogP contribution in [0.25, 0.3) is 0 Å². The first-order chi connectivity index (χ1) is 13.2. The highest BCUT2D eigenvalue weighted by Gasteiger charge is 2.51. The zero-order valence-corrected chi connectivity index (χ0v) is 17.3. The molecule has 2 atom stereocenters. The van der Waals surface area contributed by atoms with Gasteiger partial charge in [0.15, 0.2) is 12.2 Å². The van der Waals surface area contributed by atoms with Gasteiger partial charge >= 0.3 is 11.9 Å². The van der Waals surface area contributed by atoms with Crippen molar-refractivity contribution in [1.29, 1.82) is 0 Å². The molecule has 1 fully saturated rings. The van der Waals surface area contributed by atoms with Gasteiger partial charge in [0.2, 0.25) is 0 Å². The molecular weight excluding hydrogens is 344 g/mol. The Morgan fingerprint density at radius 3 is 1.48 bits per heavy atom. The highest BCUT2D eigenvalue weighted by atomic mass is 16.7. The van der Waals surface area contributed by atoms with Crippen molar-refractivity contribution in [3.63, 3.8) is 0 Å². The van der Waals surface area contributed by atoms with Gasteiger partial charge in [-0.3, -0.25) is 0 Å². The standard InChI is InChI=1S/C22H40O5/c1-2-3-4-5-6-7-8-9-10-11-12-13-14-15-16-17-18-26-22(25)20-19(27-20)21(23)24/h19-20H,2-18H2,1H3,(H,23,24). The average molecular weight is 385 g/mol. The number of ether oxygens (including phenoxy) is 2. The van der Waals surface area contributed by atoms with Crippen LogP contribution in [0, 0.1) is 0 Å². The highest BCUT2D eigenvalue weighted by Crippen LogP contribution is 2.23. The zero-order valence-electron chi connectivity index (χ0n) is 17.3. The smallest absolute Gasteiger partial charge is 0.338 e. The molecule has 1 rings (SSSR count). The molecule has 1 N–H and O–H groups in total. The van der Waals surface area contributed by atoms with Crippen LogP contribution >= 0.6 is 0 Å². The molecule has 0 aliphatic carbocycles. The maximum atomic E-state index is 11.5. The molecule has 1 heterocycles. The molecule has 2 unspecified atom stereocenters. The number of carboxylic acids is 1. The molecule has 27 heavy (non-hydrogen) atoms. The van der Waals surface area contributed by atoms with E-state index in [1.807, 2.05) is 0 Å². The summed E-state index contributed by atoms with van der Waals surface area (Å²) in [5.74, 6) is -1.64. The second kappa shape index (κ2) is 15.9. The van der Waals surface area contributed by atoms with E-state index in [0.717, 1.165) is 12.8 Å². The van der Waals surface area contributed by atoms with Gasteiger partial charge in [0.25, 0.3) is 0 Å². The van der Waals surface area contributed by atoms with E-state index in [2.05, 4.69) is 6.92 Å². The first kappa shape index (κ1) is 23.9. The lowest BCUT2D eigenvalue weighted by atomic mass is 10.0. The van der Waals surface area contributed by atoms with E-state index in [0.29, 0.717) is 6.61 Å². The number of carboxylic acid groups (broad SMARTS) is 1. The van der Waals surface area contributed by atoms with Gasteiger partial charge in [0.05, 0.1) is 6.61 Å². The van der Waals surface area contributed by atoms with Crippen LogP contribution in [0.15, 0.2) is 0 Å². The summed E-state index contributed by atoms with van der Waals surface area (Å²) in [5.41, 5.74) is 0. The predicted molar refractivity (Wildman–Crippen MR) is 107 cm³/mol. The van der Waals surface area contributed by atoms with Gasteiger partial charge in [-0.2, -0.15) is 0 Å². The molecule has 0 aromatic carbocycles. The maximum absolute atomic E-state index is 11.5. The quantitative estimate of drug-likeness (QED) is 0.177. The van der Waals surface area contributed by atoms with Gasteiger partial charge in [-0.15, -0.1) is 0 Å². The normalized spacial score (nSPS) is 18.4. The lowest BCUT2D eigenvalue weighted by Crippen LogP contribution is -2.18. The number of aliphatic carboxylic acids is 1. The topological polar surface area (TPSA) is 76.1 Å². The van der Waals surface area contributed by atoms with Gasteiger partial charge < -0.3 is 14.6 Å². The third-order valence-corrected chi connectivity index (χ3v) is 5.21. The second-order valence-electron chi connectivity index (χ2n) is 7.79. The molecule has 1 aliphatic rings. The number of hydrogen-bond acceptors (Lipinski definition) is 4. The van der Waals surface area contributed by atoms with Crippen LogP contribution in [-0.2, 0) is 19.1 Å². The summed E-state index contributed by atoms with van der Waals surface area (Å²) in [6, 6.07) is 0. The summed E-state index contributed by atoms with van der Waals surface area (Å²) in [7, 11) is 0. The summed E-state index contributed by atoms with van der Waals surface area (Å²) in [6.45, 7) is 2.63. The van der Waals surface area contributed by atoms with Gasteiger partial charge in [0.1, 0.15) is 0 Å². The van der Waals surface area contributed by atoms with Crippen molar-refractivity contribution in [2.45, 2.75) is 122 Å². The van der Waals surface area contributed by atoms with Crippen LogP contribution in [-0.4, -0.2) is 35.9 Å². The van der Waals surface area contributed by atoms with Crippen LogP contribution in [0.4, 0.5) is 0 Å². The van der Waals surface area contributed by atoms with Gasteiger partial charge in [-0.1, -0.05) is 103 Å². The fourth-order valence-corrected chi connectivity index (χ4v) is 3.38. The number of unbranched alkanes of at least 4 members (excludes halogenated alkanes) is 15. The Bertz CT molecular complexity index is 396. The maximum Gasteiger partial charge on any atom is 0.338 e. The van der Waals surface area contributed by atoms with Crippen LogP contribution in [0.3, 0.4) is 0 Å². The molecule has 1 saturated heterocycles. The molecule has 0 radical (unpaired) electrons. The Morgan fingerprint density at radius 1 is 0.704 bits per heavy atom. The average Bonchev–Trinajstić information content (AvgIpc) is 3.45. The van der Waals surface area contributed by atoms with E-state index < -0.39 is 24.1 Å². The van der Waals surface area contributed by atoms with E-state index in [9.17, 15) is 9.59 Å². The zero-order chi connectivity index (χ0) is 19.7. The summed E-state index contributed by atoms with van der Waals surface area (Å²) >= 11 is 0. The van der Waals surface area contributed by atoms with Crippen LogP contribution in [0.1, 0.15) is 110 Å². The number of rotatable bonds is 19. The Labute approximate surface area is 165 Å². The Morgan fingerprint density at radius 2 is 1.11 bits per heavy atom. The lowest BCUT2D eigenvalue weighted by Gasteiger charge is -2.04. The number of carbonyl (C=O) groups excluding carboxylic acids is 1. The van der Waals surface area contributed by atoms with E-state index in [4.69, 9.17) is 14.6 Å². The fraction of sp³-hybridized carbons (Fsp3) is 0.909. The summed E-state index contributed by atoms with van der Waals surface area (Å²) in [5, 5.41) is 8.66. The van der Waals surface area contributed by atoms with Crippen molar-refractivity contribution in [2.75, 3.05) is 6.61 Å². The minimum Gasteiger partial charge on any atom is -0.479 e. The first-order valence-electron chi connectivity index (χ1n) is 11.2. The molecular formula is C22H40O5. The van der Waals surface area contributed by atoms with E-state index in [-0.39, 0.29) is 0 Å². The summed E-state index contributed by atoms with van der Waals surface area (Å²) in [4.78, 5) is 22.0. The van der Waals surface area contributed by atoms with Crippen molar-refractivity contribution in [1.82, 2.24) is 0 Å². The van der Waals surface area contributed by atoms with Crippen LogP contribution in [0.2, 0.25) is 0 Å². The SMILES string of the molecule is CCCCCCCCCCCCCCCCCCOC(=O)C1OC1C(=O)O. The van der Waals surface area contributed by atoms with Crippen molar-refractivity contribution in [3.05, 3.63) is 0 Å². The number of carbonyl (C=O) groups is 2. The van der Waals surface area contributed by atoms with Gasteiger partial charge in [-0.05, 0) is 6.42 Å². The Hall–Kier alpha value is -1.10. The second-order valence-corrected chi connectivity index (χ2v) is 7.79. The van der Waals surface area contributed by atoms with Crippen molar-refractivity contribution in [2.24, 2.45) is 0 Å². The molecule has 5 nitrogen and oxygen atoms in total. The van der Waals surface area contributed by atoms with Crippen LogP contribution in [0.5, 0.6) is 0 Å². The van der Waals surface area contributed by atoms with Crippen molar-refractivity contribution in [3.8, 4) is 0 Å². The van der Waals surface area contributed by atoms with Gasteiger partial charge in [-0.25, -0.2) is 9.59 Å². The monoisotopic (exact) mass is 384 g/mol. The molecule has 158 valence electrons. The molecule has 0 spiro atoms. The molecule has 0 amide bonds. The lowest BCUT2D eigenvalue weighted by molar-refractivity contribution is -0.146. The van der Waals surface area contributed by atoms with E-state index >= 15 is 0 Å². The highest BCUT2D eigenvalue weighted by molar-refractivity contribution is 5.88. The molecule has 1 aliphatic heterocycles. The van der Waals surface area contributed by atoms with Crippen LogP contribution < -0.4 is 0 Å². The number of epoxide rings is 1. The number of esters is 1. The Balaban J connectivity index is 1.71. The van der Waals surface area contributed by atoms with Crippen molar-refractivity contribution >= 4 is 11.9 Å². The molecule has 0 bridgehead atoms. The fourth-order valence-electron chi connectivity index (χ4n) is 3.38. The molecule has 0 aromatic rings. The van der Waals surface area contributed by atoms with Crippen molar-refractivity contribution < 1.29 is 24.2 Å². The largest absolute Gasteiger partial charge is 0.479 e. The summed E-state index contributed by atoms with van der Waals surface area (Å²) < 4.78 is 9.79. The van der Waals surface area contributed by atoms with E-state index in [1.54, 1.807) is 0 Å². The van der Waals surface area contributed by atoms with E-state index in [1.165, 1.54) is 89.9 Å². The third-order valence-electron chi connectivity index (χ3n) is 5.21. The molecule has 0 aromatic heterocycles. The minimum atomic E-state index is -1.10.